The van der Waals surface area contributed by atoms with Crippen LogP contribution in [0.5, 0.6) is 5.75 Å². The average Bonchev–Trinajstić information content (AvgIpc) is 3.07. The molecule has 0 unspecified atom stereocenters. The van der Waals surface area contributed by atoms with Gasteiger partial charge < -0.3 is 20.4 Å². The fraction of sp³-hybridized carbons (Fsp3) is 0.536. The van der Waals surface area contributed by atoms with Gasteiger partial charge in [0.15, 0.2) is 11.6 Å². The summed E-state index contributed by atoms with van der Waals surface area (Å²) in [5, 5.41) is 39.4. The highest BCUT2D eigenvalue weighted by molar-refractivity contribution is 6.05. The molecule has 0 spiro atoms. The number of aromatic hydroxyl groups is 1. The molecule has 3 rings (SSSR count). The van der Waals surface area contributed by atoms with E-state index < -0.39 is 41.4 Å². The van der Waals surface area contributed by atoms with Gasteiger partial charge in [-0.3, -0.25) is 19.3 Å². The van der Waals surface area contributed by atoms with Crippen LogP contribution < -0.4 is 0 Å². The number of carboxylic acids is 1. The zero-order valence-corrected chi connectivity index (χ0v) is 21.3. The van der Waals surface area contributed by atoms with E-state index in [1.54, 1.807) is 12.1 Å². The van der Waals surface area contributed by atoms with Gasteiger partial charge in [0.1, 0.15) is 0 Å². The summed E-state index contributed by atoms with van der Waals surface area (Å²) in [6, 6.07) is 4.10. The molecule has 2 amide bonds. The van der Waals surface area contributed by atoms with Crippen LogP contribution in [0.2, 0.25) is 0 Å². The number of nitrogens with zero attached hydrogens (tertiary/aromatic N) is 1. The van der Waals surface area contributed by atoms with Crippen LogP contribution in [0.1, 0.15) is 64.4 Å². The van der Waals surface area contributed by atoms with Crippen LogP contribution in [0.25, 0.3) is 6.08 Å². The number of benzene rings is 1. The number of likely N-dealkylation sites (tertiary alicyclic amines) is 1. The van der Waals surface area contributed by atoms with Crippen molar-refractivity contribution < 1.29 is 39.2 Å². The monoisotopic (exact) mass is 517 g/mol. The summed E-state index contributed by atoms with van der Waals surface area (Å²) in [6.45, 7) is 3.54. The molecular weight excluding hydrogens is 481 g/mol. The van der Waals surface area contributed by atoms with E-state index >= 15 is 0 Å². The molecule has 4 atom stereocenters. The third-order valence-electron chi connectivity index (χ3n) is 7.44. The quantitative estimate of drug-likeness (QED) is 0.189. The largest absolute Gasteiger partial charge is 0.505 e. The van der Waals surface area contributed by atoms with Gasteiger partial charge >= 0.3 is 5.97 Å². The molecule has 1 aliphatic carbocycles. The smallest absolute Gasteiger partial charge is 0.303 e. The maximum atomic E-state index is 13.6. The normalized spacial score (nSPS) is 23.0. The maximum absolute atomic E-state index is 13.6. The van der Waals surface area contributed by atoms with Crippen molar-refractivity contribution in [3.8, 4) is 5.75 Å². The fourth-order valence-electron chi connectivity index (χ4n) is 5.62. The first-order valence-electron chi connectivity index (χ1n) is 12.8. The van der Waals surface area contributed by atoms with Crippen LogP contribution >= 0.6 is 0 Å². The van der Waals surface area contributed by atoms with Crippen molar-refractivity contribution in [1.29, 1.82) is 0 Å². The second-order valence-corrected chi connectivity index (χ2v) is 10.1. The Hall–Kier alpha value is -3.04. The Morgan fingerprint density at radius 3 is 2.57 bits per heavy atom. The van der Waals surface area contributed by atoms with Crippen LogP contribution in [0, 0.1) is 23.6 Å². The van der Waals surface area contributed by atoms with E-state index in [2.05, 4.69) is 0 Å². The van der Waals surface area contributed by atoms with Gasteiger partial charge in [-0.1, -0.05) is 29.7 Å². The summed E-state index contributed by atoms with van der Waals surface area (Å²) >= 11 is 0. The number of aliphatic carboxylic acids is 1. The van der Waals surface area contributed by atoms with Crippen LogP contribution in [0.4, 0.5) is 4.39 Å². The minimum Gasteiger partial charge on any atom is -0.505 e. The van der Waals surface area contributed by atoms with Crippen LogP contribution in [0.15, 0.2) is 34.9 Å². The van der Waals surface area contributed by atoms with Crippen molar-refractivity contribution in [2.75, 3.05) is 13.2 Å². The number of phenolic OH excluding ortho intramolecular Hbond substituents is 1. The number of rotatable bonds is 12. The van der Waals surface area contributed by atoms with Crippen molar-refractivity contribution >= 4 is 23.9 Å². The summed E-state index contributed by atoms with van der Waals surface area (Å²) in [5.41, 5.74) is 2.89. The van der Waals surface area contributed by atoms with Crippen molar-refractivity contribution in [3.05, 3.63) is 46.3 Å². The summed E-state index contributed by atoms with van der Waals surface area (Å²) in [6.07, 6.45) is 3.65. The van der Waals surface area contributed by atoms with Crippen molar-refractivity contribution in [3.63, 3.8) is 0 Å². The molecule has 4 N–H and O–H groups in total. The molecule has 0 aromatic heterocycles. The number of carbonyl (C=O) groups is 3. The topological polar surface area (TPSA) is 135 Å². The number of halogens is 1. The highest BCUT2D eigenvalue weighted by Gasteiger charge is 2.54. The predicted molar refractivity (Wildman–Crippen MR) is 135 cm³/mol. The first-order valence-corrected chi connectivity index (χ1v) is 12.8. The number of unbranched alkanes of at least 4 members (excludes halogenated alkanes) is 2. The minimum atomic E-state index is -0.911. The molecule has 1 saturated heterocycles. The van der Waals surface area contributed by atoms with Crippen molar-refractivity contribution in [1.82, 2.24) is 4.90 Å². The maximum Gasteiger partial charge on any atom is 0.303 e. The Morgan fingerprint density at radius 2 is 1.92 bits per heavy atom. The molecule has 1 aliphatic heterocycles. The Balaban J connectivity index is 1.66. The Bertz CT molecular complexity index is 1100. The third kappa shape index (κ3) is 6.64. The summed E-state index contributed by atoms with van der Waals surface area (Å²) in [4.78, 5) is 38.2. The zero-order valence-electron chi connectivity index (χ0n) is 21.3. The molecule has 2 aliphatic rings. The number of imide groups is 1. The molecule has 8 nitrogen and oxygen atoms in total. The molecule has 9 heteroatoms. The number of amides is 2. The summed E-state index contributed by atoms with van der Waals surface area (Å²) in [5.74, 6) is -4.55. The molecule has 1 aromatic carbocycles. The molecule has 0 saturated carbocycles. The van der Waals surface area contributed by atoms with E-state index in [1.165, 1.54) is 17.0 Å². The Kier molecular flexibility index (Phi) is 9.62. The van der Waals surface area contributed by atoms with E-state index in [0.717, 1.165) is 11.1 Å². The summed E-state index contributed by atoms with van der Waals surface area (Å²) in [7, 11) is 0. The zero-order chi connectivity index (χ0) is 27.3. The van der Waals surface area contributed by atoms with Crippen LogP contribution in [-0.2, 0) is 14.4 Å². The Morgan fingerprint density at radius 1 is 1.19 bits per heavy atom. The SMILES string of the molecule is CC1=C([C@H](O)CC/C(C)=C/c2ccc(O)c(F)c2)[C@H](CO)[C@@H]2C(=O)N(CCCCCC(=O)O)C(=O)[C@@H]2C1. The highest BCUT2D eigenvalue weighted by Crippen LogP contribution is 2.46. The number of hydrogen-bond donors (Lipinski definition) is 4. The number of aliphatic hydroxyl groups is 2. The molecule has 1 aromatic rings. The lowest BCUT2D eigenvalue weighted by atomic mass is 9.68. The number of phenols is 1. The van der Waals surface area contributed by atoms with Gasteiger partial charge in [-0.2, -0.15) is 0 Å². The van der Waals surface area contributed by atoms with Crippen LogP contribution in [-0.4, -0.2) is 62.4 Å². The highest BCUT2D eigenvalue weighted by atomic mass is 19.1. The first-order chi connectivity index (χ1) is 17.5. The lowest BCUT2D eigenvalue weighted by molar-refractivity contribution is -0.141. The van der Waals surface area contributed by atoms with Gasteiger partial charge in [0.05, 0.1) is 24.5 Å². The lowest BCUT2D eigenvalue weighted by Crippen LogP contribution is -2.38. The van der Waals surface area contributed by atoms with E-state index in [1.807, 2.05) is 13.8 Å². The molecule has 0 bridgehead atoms. The van der Waals surface area contributed by atoms with Gasteiger partial charge in [-0.15, -0.1) is 0 Å². The lowest BCUT2D eigenvalue weighted by Gasteiger charge is -2.35. The first kappa shape index (κ1) is 28.5. The third-order valence-corrected chi connectivity index (χ3v) is 7.44. The molecular formula is C28H36FNO7. The molecule has 1 fully saturated rings. The number of carboxylic acid groups (broad SMARTS) is 1. The molecule has 0 radical (unpaired) electrons. The van der Waals surface area contributed by atoms with Crippen molar-refractivity contribution in [2.24, 2.45) is 17.8 Å². The standard InChI is InChI=1S/C28H36FNO7/c1-16(12-18-8-10-22(32)21(29)14-18)7-9-23(33)25-17(2)13-19-26(20(25)15-31)28(37)30(27(19)36)11-5-3-4-6-24(34)35/h8,10,12,14,19-20,23,26,31-33H,3-7,9,11,13,15H2,1-2H3,(H,34,35)/b16-12+/t19-,20+,23-,26-/m1/s1. The van der Waals surface area contributed by atoms with Gasteiger partial charge in [0, 0.05) is 18.9 Å². The number of carbonyl (C=O) groups excluding carboxylic acids is 2. The van der Waals surface area contributed by atoms with Crippen molar-refractivity contribution in [2.45, 2.75) is 64.9 Å². The van der Waals surface area contributed by atoms with E-state index in [-0.39, 0.29) is 31.4 Å². The van der Waals surface area contributed by atoms with E-state index in [9.17, 15) is 34.1 Å². The van der Waals surface area contributed by atoms with Gasteiger partial charge in [0.2, 0.25) is 11.8 Å². The second-order valence-electron chi connectivity index (χ2n) is 10.1. The van der Waals surface area contributed by atoms with E-state index in [4.69, 9.17) is 5.11 Å². The fourth-order valence-corrected chi connectivity index (χ4v) is 5.62. The van der Waals surface area contributed by atoms with Gasteiger partial charge in [-0.25, -0.2) is 4.39 Å². The van der Waals surface area contributed by atoms with E-state index in [0.29, 0.717) is 49.7 Å². The molecule has 1 heterocycles. The van der Waals surface area contributed by atoms with Gasteiger partial charge in [-0.05, 0) is 69.2 Å². The minimum absolute atomic E-state index is 0.0462. The number of hydrogen-bond acceptors (Lipinski definition) is 6. The summed E-state index contributed by atoms with van der Waals surface area (Å²) < 4.78 is 13.6. The average molecular weight is 518 g/mol. The number of aliphatic hydroxyl groups excluding tert-OH is 2. The molecule has 202 valence electrons. The van der Waals surface area contributed by atoms with Crippen LogP contribution in [0.3, 0.4) is 0 Å². The number of allylic oxidation sites excluding steroid dienone is 2. The number of fused-ring (bicyclic) bond motifs is 1. The second kappa shape index (κ2) is 12.5. The molecule has 37 heavy (non-hydrogen) atoms. The predicted octanol–water partition coefficient (Wildman–Crippen LogP) is 3.65. The Labute approximate surface area is 216 Å². The van der Waals surface area contributed by atoms with Gasteiger partial charge in [0.25, 0.3) is 0 Å².